The number of fused-ring (bicyclic) bond motifs is 1. The van der Waals surface area contributed by atoms with Gasteiger partial charge < -0.3 is 0 Å². The number of hydrogen-bond donors (Lipinski definition) is 1. The maximum absolute atomic E-state index is 11.5. The van der Waals surface area contributed by atoms with E-state index in [2.05, 4.69) is 15.1 Å². The summed E-state index contributed by atoms with van der Waals surface area (Å²) in [4.78, 5) is 19.6. The third kappa shape index (κ3) is 1.85. The lowest BCUT2D eigenvalue weighted by molar-refractivity contribution is 0.846. The molecule has 0 saturated heterocycles. The molecule has 0 bridgehead atoms. The van der Waals surface area contributed by atoms with Gasteiger partial charge in [0.05, 0.1) is 11.8 Å². The molecule has 2 aromatic rings. The van der Waals surface area contributed by atoms with Crippen LogP contribution >= 0.6 is 11.8 Å². The zero-order chi connectivity index (χ0) is 10.8. The minimum atomic E-state index is -0.200. The van der Waals surface area contributed by atoms with E-state index in [1.807, 2.05) is 6.07 Å². The quantitative estimate of drug-likeness (QED) is 0.739. The second-order valence-corrected chi connectivity index (χ2v) is 3.81. The van der Waals surface area contributed by atoms with Gasteiger partial charge in [-0.1, -0.05) is 11.8 Å². The highest BCUT2D eigenvalue weighted by Crippen LogP contribution is 2.11. The lowest BCUT2D eigenvalue weighted by atomic mass is 10.5. The predicted molar refractivity (Wildman–Crippen MR) is 54.7 cm³/mol. The maximum Gasteiger partial charge on any atom is 0.274 e. The van der Waals surface area contributed by atoms with Crippen LogP contribution in [0.1, 0.15) is 5.69 Å². The minimum absolute atomic E-state index is 0.200. The first kappa shape index (κ1) is 9.73. The Balaban J connectivity index is 2.52. The summed E-state index contributed by atoms with van der Waals surface area (Å²) in [6.45, 7) is 1.73. The van der Waals surface area contributed by atoms with Crippen LogP contribution in [0, 0.1) is 18.3 Å². The van der Waals surface area contributed by atoms with E-state index < -0.39 is 0 Å². The number of rotatable bonds is 2. The van der Waals surface area contributed by atoms with E-state index in [4.69, 9.17) is 5.26 Å². The van der Waals surface area contributed by atoms with Crippen molar-refractivity contribution in [1.29, 1.82) is 5.26 Å². The molecule has 2 rings (SSSR count). The van der Waals surface area contributed by atoms with Crippen molar-refractivity contribution in [3.05, 3.63) is 22.1 Å². The first-order valence-corrected chi connectivity index (χ1v) is 5.15. The minimum Gasteiger partial charge on any atom is -0.267 e. The predicted octanol–water partition coefficient (Wildman–Crippen LogP) is 0.342. The Morgan fingerprint density at radius 2 is 2.47 bits per heavy atom. The zero-order valence-electron chi connectivity index (χ0n) is 7.89. The van der Waals surface area contributed by atoms with Crippen LogP contribution in [0.5, 0.6) is 0 Å². The van der Waals surface area contributed by atoms with Crippen molar-refractivity contribution in [3.63, 3.8) is 0 Å². The smallest absolute Gasteiger partial charge is 0.267 e. The second kappa shape index (κ2) is 3.74. The third-order valence-electron chi connectivity index (χ3n) is 1.71. The molecule has 2 aromatic heterocycles. The molecule has 7 heteroatoms. The van der Waals surface area contributed by atoms with E-state index in [-0.39, 0.29) is 11.3 Å². The first-order chi connectivity index (χ1) is 7.20. The molecule has 0 spiro atoms. The normalized spacial score (nSPS) is 10.4. The zero-order valence-corrected chi connectivity index (χ0v) is 8.71. The number of aryl methyl sites for hydroxylation is 1. The fraction of sp³-hybridized carbons (Fsp3) is 0.250. The number of nitrogens with zero attached hydrogens (tertiary/aromatic N) is 4. The largest absolute Gasteiger partial charge is 0.274 e. The van der Waals surface area contributed by atoms with Crippen LogP contribution < -0.4 is 5.56 Å². The van der Waals surface area contributed by atoms with Crippen LogP contribution in [0.3, 0.4) is 0 Å². The van der Waals surface area contributed by atoms with Crippen molar-refractivity contribution in [3.8, 4) is 6.07 Å². The third-order valence-corrected chi connectivity index (χ3v) is 2.44. The van der Waals surface area contributed by atoms with Gasteiger partial charge in [0.15, 0.2) is 5.16 Å². The van der Waals surface area contributed by atoms with Gasteiger partial charge >= 0.3 is 0 Å². The molecule has 15 heavy (non-hydrogen) atoms. The summed E-state index contributed by atoms with van der Waals surface area (Å²) < 4.78 is 1.26. The summed E-state index contributed by atoms with van der Waals surface area (Å²) in [6, 6.07) is 3.40. The number of H-pyrrole nitrogens is 1. The summed E-state index contributed by atoms with van der Waals surface area (Å²) in [5, 5.41) is 11.7. The van der Waals surface area contributed by atoms with Gasteiger partial charge in [-0.25, -0.2) is 4.98 Å². The Labute approximate surface area is 88.9 Å². The number of hydrogen-bond acceptors (Lipinski definition) is 5. The summed E-state index contributed by atoms with van der Waals surface area (Å²) in [7, 11) is 0. The molecule has 0 fully saturated rings. The highest BCUT2D eigenvalue weighted by Gasteiger charge is 2.05. The SMILES string of the molecule is Cc1cc(=O)n2[nH]c(SCC#N)nc2n1. The van der Waals surface area contributed by atoms with E-state index in [1.54, 1.807) is 6.92 Å². The Kier molecular flexibility index (Phi) is 2.43. The van der Waals surface area contributed by atoms with Crippen molar-refractivity contribution in [1.82, 2.24) is 19.6 Å². The molecule has 6 nitrogen and oxygen atoms in total. The molecule has 2 heterocycles. The van der Waals surface area contributed by atoms with Crippen molar-refractivity contribution >= 4 is 17.5 Å². The highest BCUT2D eigenvalue weighted by atomic mass is 32.2. The van der Waals surface area contributed by atoms with Gasteiger partial charge in [-0.3, -0.25) is 9.89 Å². The van der Waals surface area contributed by atoms with Gasteiger partial charge in [-0.2, -0.15) is 14.8 Å². The number of aromatic amines is 1. The molecule has 0 amide bonds. The lowest BCUT2D eigenvalue weighted by Crippen LogP contribution is -2.14. The number of aromatic nitrogens is 4. The molecule has 1 N–H and O–H groups in total. The molecule has 0 aliphatic rings. The number of nitrogens with one attached hydrogen (secondary N) is 1. The molecule has 0 aliphatic carbocycles. The molecule has 0 aliphatic heterocycles. The van der Waals surface area contributed by atoms with E-state index in [9.17, 15) is 4.79 Å². The van der Waals surface area contributed by atoms with Gasteiger partial charge in [0.1, 0.15) is 0 Å². The van der Waals surface area contributed by atoms with Crippen LogP contribution in [0.2, 0.25) is 0 Å². The van der Waals surface area contributed by atoms with Crippen molar-refractivity contribution in [2.75, 3.05) is 5.75 Å². The van der Waals surface area contributed by atoms with Crippen LogP contribution in [-0.2, 0) is 0 Å². The summed E-state index contributed by atoms with van der Waals surface area (Å²) in [6.07, 6.45) is 0. The molecular formula is C8H7N5OS. The summed E-state index contributed by atoms with van der Waals surface area (Å²) in [5.74, 6) is 0.619. The number of nitriles is 1. The van der Waals surface area contributed by atoms with Gasteiger partial charge in [0, 0.05) is 11.8 Å². The Morgan fingerprint density at radius 1 is 1.67 bits per heavy atom. The average Bonchev–Trinajstić information content (AvgIpc) is 2.57. The standard InChI is InChI=1S/C8H7N5OS/c1-5-4-6(14)13-7(10-5)11-8(12-13)15-3-2-9/h4H,3H2,1H3,(H,10,11,12). The Hall–Kier alpha value is -1.81. The van der Waals surface area contributed by atoms with E-state index in [0.717, 1.165) is 0 Å². The Bertz CT molecular complexity index is 593. The van der Waals surface area contributed by atoms with Gasteiger partial charge in [-0.15, -0.1) is 0 Å². The average molecular weight is 221 g/mol. The lowest BCUT2D eigenvalue weighted by Gasteiger charge is -1.90. The molecule has 0 unspecified atom stereocenters. The molecule has 0 atom stereocenters. The van der Waals surface area contributed by atoms with Crippen LogP contribution in [0.25, 0.3) is 5.78 Å². The molecule has 0 saturated carbocycles. The van der Waals surface area contributed by atoms with Crippen molar-refractivity contribution in [2.24, 2.45) is 0 Å². The fourth-order valence-corrected chi connectivity index (χ4v) is 1.64. The summed E-state index contributed by atoms with van der Waals surface area (Å²) in [5.41, 5.74) is 0.428. The van der Waals surface area contributed by atoms with Crippen LogP contribution in [0.4, 0.5) is 0 Å². The first-order valence-electron chi connectivity index (χ1n) is 4.17. The fourth-order valence-electron chi connectivity index (χ4n) is 1.14. The van der Waals surface area contributed by atoms with E-state index in [0.29, 0.717) is 16.6 Å². The maximum atomic E-state index is 11.5. The second-order valence-electron chi connectivity index (χ2n) is 2.85. The number of thioether (sulfide) groups is 1. The highest BCUT2D eigenvalue weighted by molar-refractivity contribution is 7.99. The molecule has 76 valence electrons. The van der Waals surface area contributed by atoms with Gasteiger partial charge in [-0.05, 0) is 6.92 Å². The monoisotopic (exact) mass is 221 g/mol. The van der Waals surface area contributed by atoms with Crippen LogP contribution in [0.15, 0.2) is 16.0 Å². The molecule has 0 radical (unpaired) electrons. The summed E-state index contributed by atoms with van der Waals surface area (Å²) >= 11 is 1.23. The molecule has 0 aromatic carbocycles. The van der Waals surface area contributed by atoms with Crippen molar-refractivity contribution in [2.45, 2.75) is 12.1 Å². The van der Waals surface area contributed by atoms with E-state index in [1.165, 1.54) is 22.3 Å². The van der Waals surface area contributed by atoms with E-state index >= 15 is 0 Å². The van der Waals surface area contributed by atoms with Gasteiger partial charge in [0.25, 0.3) is 11.3 Å². The molecular weight excluding hydrogens is 214 g/mol. The topological polar surface area (TPSA) is 86.8 Å². The van der Waals surface area contributed by atoms with Crippen LogP contribution in [-0.4, -0.2) is 25.3 Å². The van der Waals surface area contributed by atoms with Gasteiger partial charge in [0.2, 0.25) is 0 Å². The Morgan fingerprint density at radius 3 is 3.20 bits per heavy atom. The van der Waals surface area contributed by atoms with Crippen molar-refractivity contribution < 1.29 is 0 Å².